The number of hydrogen-bond donors (Lipinski definition) is 2. The van der Waals surface area contributed by atoms with Gasteiger partial charge >= 0.3 is 0 Å². The molecule has 0 aromatic rings. The van der Waals surface area contributed by atoms with Gasteiger partial charge < -0.3 is 5.73 Å². The van der Waals surface area contributed by atoms with E-state index in [1.807, 2.05) is 0 Å². The lowest BCUT2D eigenvalue weighted by molar-refractivity contribution is 0.509. The second kappa shape index (κ2) is 4.42. The molecule has 1 unspecified atom stereocenters. The molecule has 98 valence electrons. The zero-order valence-electron chi connectivity index (χ0n) is 11.9. The molecule has 0 amide bonds. The van der Waals surface area contributed by atoms with Crippen LogP contribution in [0.1, 0.15) is 40.5 Å². The van der Waals surface area contributed by atoms with E-state index < -0.39 is 0 Å². The molecule has 0 radical (unpaired) electrons. The summed E-state index contributed by atoms with van der Waals surface area (Å²) in [7, 11) is 0. The van der Waals surface area contributed by atoms with Gasteiger partial charge in [0.2, 0.25) is 0 Å². The minimum absolute atomic E-state index is 0.293. The van der Waals surface area contributed by atoms with Gasteiger partial charge in [0.05, 0.1) is 5.84 Å². The summed E-state index contributed by atoms with van der Waals surface area (Å²) in [6, 6.07) is 0. The topological polar surface area (TPSA) is 49.9 Å². The first-order chi connectivity index (χ1) is 8.29. The van der Waals surface area contributed by atoms with Gasteiger partial charge in [-0.05, 0) is 34.5 Å². The highest BCUT2D eigenvalue weighted by Gasteiger charge is 2.41. The molecule has 0 saturated heterocycles. The quantitative estimate of drug-likeness (QED) is 0.573. The molecule has 0 bridgehead atoms. The molecule has 0 aromatic carbocycles. The molecule has 18 heavy (non-hydrogen) atoms. The largest absolute Gasteiger partial charge is 0.388 e. The van der Waals surface area contributed by atoms with Crippen LogP contribution in [0.4, 0.5) is 0 Å². The summed E-state index contributed by atoms with van der Waals surface area (Å²) in [4.78, 5) is 0. The number of fused-ring (bicyclic) bond motifs is 1. The lowest BCUT2D eigenvalue weighted by atomic mass is 9.90. The van der Waals surface area contributed by atoms with E-state index in [9.17, 15) is 0 Å². The number of nitrogens with two attached hydrogens (primary N) is 1. The summed E-state index contributed by atoms with van der Waals surface area (Å²) in [5, 5.41) is 7.33. The highest BCUT2D eigenvalue weighted by Crippen LogP contribution is 2.53. The Labute approximate surface area is 110 Å². The molecule has 2 rings (SSSR count). The normalized spacial score (nSPS) is 23.6. The van der Waals surface area contributed by atoms with Crippen LogP contribution in [0.15, 0.2) is 34.9 Å². The molecule has 0 spiro atoms. The van der Waals surface area contributed by atoms with Crippen molar-refractivity contribution in [2.24, 2.45) is 23.0 Å². The predicted molar refractivity (Wildman–Crippen MR) is 77.5 cm³/mol. The number of nitrogens with one attached hydrogen (secondary N) is 1. The van der Waals surface area contributed by atoms with Crippen molar-refractivity contribution in [2.45, 2.75) is 40.5 Å². The Kier molecular flexibility index (Phi) is 3.22. The maximum atomic E-state index is 7.33. The van der Waals surface area contributed by atoms with E-state index >= 15 is 0 Å². The van der Waals surface area contributed by atoms with Crippen molar-refractivity contribution in [2.75, 3.05) is 0 Å². The molecule has 0 fully saturated rings. The van der Waals surface area contributed by atoms with Gasteiger partial charge in [0.1, 0.15) is 0 Å². The van der Waals surface area contributed by atoms with Crippen LogP contribution >= 0.6 is 0 Å². The summed E-state index contributed by atoms with van der Waals surface area (Å²) >= 11 is 0. The number of rotatable bonds is 4. The van der Waals surface area contributed by atoms with E-state index in [1.165, 1.54) is 11.1 Å². The number of hydrogen-bond acceptors (Lipinski definition) is 1. The summed E-state index contributed by atoms with van der Waals surface area (Å²) < 4.78 is 0. The molecule has 3 N–H and O–H groups in total. The van der Waals surface area contributed by atoms with Gasteiger partial charge in [0.25, 0.3) is 0 Å². The molecule has 0 aromatic heterocycles. The number of amidine groups is 1. The third kappa shape index (κ3) is 2.74. The van der Waals surface area contributed by atoms with Crippen LogP contribution in [-0.4, -0.2) is 5.84 Å². The maximum Gasteiger partial charge on any atom is 0.0908 e. The van der Waals surface area contributed by atoms with E-state index in [-0.39, 0.29) is 0 Å². The van der Waals surface area contributed by atoms with Crippen LogP contribution < -0.4 is 5.73 Å². The molecule has 0 aliphatic heterocycles. The second-order valence-electron chi connectivity index (χ2n) is 6.71. The summed E-state index contributed by atoms with van der Waals surface area (Å²) in [6.07, 6.45) is 8.64. The minimum atomic E-state index is 0.293. The zero-order valence-corrected chi connectivity index (χ0v) is 11.9. The van der Waals surface area contributed by atoms with Crippen molar-refractivity contribution < 1.29 is 0 Å². The fourth-order valence-electron chi connectivity index (χ4n) is 2.97. The maximum absolute atomic E-state index is 7.33. The first-order valence-electron chi connectivity index (χ1n) is 6.75. The van der Waals surface area contributed by atoms with E-state index in [0.29, 0.717) is 29.5 Å². The van der Waals surface area contributed by atoms with Gasteiger partial charge in [-0.3, -0.25) is 5.41 Å². The Hall–Kier alpha value is -1.31. The Morgan fingerprint density at radius 1 is 1.44 bits per heavy atom. The molecule has 0 saturated carbocycles. The van der Waals surface area contributed by atoms with E-state index in [4.69, 9.17) is 11.1 Å². The highest BCUT2D eigenvalue weighted by molar-refractivity contribution is 5.77. The molecule has 2 nitrogen and oxygen atoms in total. The highest BCUT2D eigenvalue weighted by atomic mass is 14.7. The minimum Gasteiger partial charge on any atom is -0.388 e. The number of allylic oxidation sites excluding steroid dienone is 6. The monoisotopic (exact) mass is 244 g/mol. The van der Waals surface area contributed by atoms with Gasteiger partial charge in [-0.25, -0.2) is 0 Å². The Morgan fingerprint density at radius 3 is 2.67 bits per heavy atom. The average Bonchev–Trinajstić information content (AvgIpc) is 2.88. The molecule has 2 aliphatic carbocycles. The summed E-state index contributed by atoms with van der Waals surface area (Å²) in [6.45, 7) is 9.02. The van der Waals surface area contributed by atoms with Crippen LogP contribution in [0, 0.1) is 22.7 Å². The van der Waals surface area contributed by atoms with Crippen molar-refractivity contribution >= 4 is 5.84 Å². The fraction of sp³-hybridized carbons (Fsp3) is 0.562. The van der Waals surface area contributed by atoms with Crippen molar-refractivity contribution in [3.05, 3.63) is 34.9 Å². The third-order valence-corrected chi connectivity index (χ3v) is 3.68. The van der Waals surface area contributed by atoms with Crippen LogP contribution in [0.25, 0.3) is 0 Å². The molecular formula is C16H24N2. The lowest BCUT2D eigenvalue weighted by Gasteiger charge is -2.15. The SMILES string of the molecule is C[C@@H](CC(=N)N)CC1=CC2=C(C(C)(C)C)C2C=C1. The standard InChI is InChI=1S/C16H24N2/c1-10(8-14(17)18)7-11-5-6-12-13(9-11)15(12)16(2,3)4/h5-6,9-10,12H,7-8H2,1-4H3,(H3,17,18)/t10-,12?/m1/s1. The fourth-order valence-corrected chi connectivity index (χ4v) is 2.97. The lowest BCUT2D eigenvalue weighted by Crippen LogP contribution is -2.14. The summed E-state index contributed by atoms with van der Waals surface area (Å²) in [5.41, 5.74) is 10.2. The predicted octanol–water partition coefficient (Wildman–Crippen LogP) is 3.81. The summed E-state index contributed by atoms with van der Waals surface area (Å²) in [5.74, 6) is 1.35. The van der Waals surface area contributed by atoms with Crippen LogP contribution in [0.5, 0.6) is 0 Å². The van der Waals surface area contributed by atoms with E-state index in [0.717, 1.165) is 6.42 Å². The Morgan fingerprint density at radius 2 is 2.11 bits per heavy atom. The van der Waals surface area contributed by atoms with Crippen LogP contribution in [0.3, 0.4) is 0 Å². The molecule has 2 atom stereocenters. The van der Waals surface area contributed by atoms with Gasteiger partial charge in [0, 0.05) is 12.3 Å². The van der Waals surface area contributed by atoms with Gasteiger partial charge in [-0.2, -0.15) is 0 Å². The van der Waals surface area contributed by atoms with E-state index in [1.54, 1.807) is 5.57 Å². The van der Waals surface area contributed by atoms with Crippen molar-refractivity contribution in [1.29, 1.82) is 5.41 Å². The Balaban J connectivity index is 2.03. The third-order valence-electron chi connectivity index (χ3n) is 3.68. The van der Waals surface area contributed by atoms with Crippen LogP contribution in [-0.2, 0) is 0 Å². The Bertz CT molecular complexity index is 458. The molecule has 0 heterocycles. The molecule has 2 heteroatoms. The zero-order chi connectivity index (χ0) is 13.5. The molecular weight excluding hydrogens is 220 g/mol. The van der Waals surface area contributed by atoms with Crippen molar-refractivity contribution in [1.82, 2.24) is 0 Å². The first-order valence-corrected chi connectivity index (χ1v) is 6.75. The van der Waals surface area contributed by atoms with Crippen molar-refractivity contribution in [3.8, 4) is 0 Å². The second-order valence-corrected chi connectivity index (χ2v) is 6.71. The van der Waals surface area contributed by atoms with Gasteiger partial charge in [-0.1, -0.05) is 45.9 Å². The van der Waals surface area contributed by atoms with Gasteiger partial charge in [-0.15, -0.1) is 0 Å². The molecule has 2 aliphatic rings. The van der Waals surface area contributed by atoms with Crippen molar-refractivity contribution in [3.63, 3.8) is 0 Å². The van der Waals surface area contributed by atoms with Crippen LogP contribution in [0.2, 0.25) is 0 Å². The van der Waals surface area contributed by atoms with Gasteiger partial charge in [0.15, 0.2) is 0 Å². The first kappa shape index (κ1) is 13.1. The van der Waals surface area contributed by atoms with E-state index in [2.05, 4.69) is 45.9 Å². The average molecular weight is 244 g/mol. The smallest absolute Gasteiger partial charge is 0.0908 e.